The number of carbonyl (C=O) groups excluding carboxylic acids is 4. The SMILES string of the molecule is CCc1cccc(CC)c1N1C[C@@H](C(=O)Oc2ccc(N3C(=O)c4ccc(Br)cc4C3=O)c(C)c2)CC1=O. The van der Waals surface area contributed by atoms with Gasteiger partial charge in [0.05, 0.1) is 22.7 Å². The van der Waals surface area contributed by atoms with E-state index in [9.17, 15) is 19.2 Å². The van der Waals surface area contributed by atoms with Crippen LogP contribution >= 0.6 is 15.9 Å². The van der Waals surface area contributed by atoms with Crippen LogP contribution < -0.4 is 14.5 Å². The Hall–Kier alpha value is -3.78. The molecule has 1 fully saturated rings. The normalized spacial score (nSPS) is 16.8. The molecule has 5 rings (SSSR count). The molecule has 0 aromatic heterocycles. The number of aryl methyl sites for hydroxylation is 3. The summed E-state index contributed by atoms with van der Waals surface area (Å²) in [5.41, 5.74) is 4.79. The minimum atomic E-state index is -0.591. The van der Waals surface area contributed by atoms with E-state index in [1.165, 1.54) is 0 Å². The molecular weight excluding hydrogens is 548 g/mol. The molecule has 0 bridgehead atoms. The molecule has 0 spiro atoms. The Balaban J connectivity index is 1.32. The summed E-state index contributed by atoms with van der Waals surface area (Å²) in [5, 5.41) is 0. The van der Waals surface area contributed by atoms with Crippen LogP contribution in [0.1, 0.15) is 57.7 Å². The number of fused-ring (bicyclic) bond motifs is 1. The lowest BCUT2D eigenvalue weighted by Crippen LogP contribution is -2.30. The second kappa shape index (κ2) is 10.2. The van der Waals surface area contributed by atoms with Gasteiger partial charge in [-0.05, 0) is 72.9 Å². The first-order valence-electron chi connectivity index (χ1n) is 12.6. The van der Waals surface area contributed by atoms with E-state index in [1.54, 1.807) is 48.2 Å². The molecule has 0 aliphatic carbocycles. The van der Waals surface area contributed by atoms with Crippen LogP contribution in [0.15, 0.2) is 59.1 Å². The summed E-state index contributed by atoms with van der Waals surface area (Å²) in [6.45, 7) is 6.12. The second-order valence-electron chi connectivity index (χ2n) is 9.54. The molecule has 0 unspecified atom stereocenters. The Morgan fingerprint density at radius 1 is 0.947 bits per heavy atom. The number of hydrogen-bond donors (Lipinski definition) is 0. The average molecular weight is 575 g/mol. The number of ether oxygens (including phenoxy) is 1. The van der Waals surface area contributed by atoms with Crippen molar-refractivity contribution in [3.63, 3.8) is 0 Å². The first kappa shape index (κ1) is 25.9. The van der Waals surface area contributed by atoms with E-state index in [2.05, 4.69) is 29.8 Å². The molecule has 2 aliphatic heterocycles. The molecule has 3 aromatic rings. The monoisotopic (exact) mass is 574 g/mol. The van der Waals surface area contributed by atoms with Crippen molar-refractivity contribution in [2.45, 2.75) is 40.0 Å². The Morgan fingerprint density at radius 2 is 1.63 bits per heavy atom. The third kappa shape index (κ3) is 4.43. The van der Waals surface area contributed by atoms with Gasteiger partial charge in [-0.3, -0.25) is 19.2 Å². The summed E-state index contributed by atoms with van der Waals surface area (Å²) in [6.07, 6.45) is 1.66. The van der Waals surface area contributed by atoms with Gasteiger partial charge in [-0.2, -0.15) is 0 Å². The highest BCUT2D eigenvalue weighted by Crippen LogP contribution is 2.35. The maximum atomic E-state index is 13.1. The van der Waals surface area contributed by atoms with Crippen LogP contribution in [0.25, 0.3) is 0 Å². The number of para-hydroxylation sites is 1. The van der Waals surface area contributed by atoms with Crippen molar-refractivity contribution in [2.24, 2.45) is 5.92 Å². The molecule has 7 nitrogen and oxygen atoms in total. The number of hydrogen-bond acceptors (Lipinski definition) is 5. The van der Waals surface area contributed by atoms with E-state index >= 15 is 0 Å². The second-order valence-corrected chi connectivity index (χ2v) is 10.5. The molecule has 1 saturated heterocycles. The summed E-state index contributed by atoms with van der Waals surface area (Å²) in [6, 6.07) is 15.8. The molecule has 3 aromatic carbocycles. The van der Waals surface area contributed by atoms with Crippen LogP contribution in [-0.2, 0) is 22.4 Å². The zero-order chi connectivity index (χ0) is 27.1. The third-order valence-electron chi connectivity index (χ3n) is 7.17. The molecule has 3 amide bonds. The molecule has 0 saturated carbocycles. The Labute approximate surface area is 229 Å². The summed E-state index contributed by atoms with van der Waals surface area (Å²) in [5.74, 6) is -1.66. The van der Waals surface area contributed by atoms with Crippen LogP contribution in [0.2, 0.25) is 0 Å². The fourth-order valence-electron chi connectivity index (χ4n) is 5.22. The smallest absolute Gasteiger partial charge is 0.316 e. The van der Waals surface area contributed by atoms with Crippen LogP contribution in [0.5, 0.6) is 5.75 Å². The van der Waals surface area contributed by atoms with Crippen LogP contribution in [0.4, 0.5) is 11.4 Å². The Morgan fingerprint density at radius 3 is 2.29 bits per heavy atom. The largest absolute Gasteiger partial charge is 0.426 e. The van der Waals surface area contributed by atoms with Crippen LogP contribution in [0.3, 0.4) is 0 Å². The van der Waals surface area contributed by atoms with Crippen molar-refractivity contribution in [1.29, 1.82) is 0 Å². The van der Waals surface area contributed by atoms with Gasteiger partial charge in [0.1, 0.15) is 5.75 Å². The number of halogens is 1. The van der Waals surface area contributed by atoms with E-state index in [4.69, 9.17) is 4.74 Å². The lowest BCUT2D eigenvalue weighted by Gasteiger charge is -2.23. The van der Waals surface area contributed by atoms with E-state index < -0.39 is 23.7 Å². The molecule has 1 atom stereocenters. The highest BCUT2D eigenvalue weighted by Gasteiger charge is 2.39. The fraction of sp³-hybridized carbons (Fsp3) is 0.267. The highest BCUT2D eigenvalue weighted by molar-refractivity contribution is 9.10. The molecule has 0 N–H and O–H groups in total. The Bertz CT molecular complexity index is 1480. The number of imide groups is 1. The van der Waals surface area contributed by atoms with Gasteiger partial charge in [0.2, 0.25) is 5.91 Å². The molecule has 2 heterocycles. The predicted octanol–water partition coefficient (Wildman–Crippen LogP) is 5.64. The van der Waals surface area contributed by atoms with Crippen molar-refractivity contribution < 1.29 is 23.9 Å². The van der Waals surface area contributed by atoms with E-state index in [0.29, 0.717) is 32.6 Å². The number of benzene rings is 3. The predicted molar refractivity (Wildman–Crippen MR) is 148 cm³/mol. The van der Waals surface area contributed by atoms with E-state index in [1.807, 2.05) is 18.2 Å². The maximum Gasteiger partial charge on any atom is 0.316 e. The number of esters is 1. The number of carbonyl (C=O) groups is 4. The standard InChI is InChI=1S/C30H27BrN2O5/c1-4-18-7-6-8-19(5-2)27(18)32-16-20(14-26(32)34)30(37)38-22-10-12-25(17(3)13-22)33-28(35)23-11-9-21(31)15-24(23)29(33)36/h6-13,15,20H,4-5,14,16H2,1-3H3/t20-/m0/s1. The zero-order valence-electron chi connectivity index (χ0n) is 21.4. The zero-order valence-corrected chi connectivity index (χ0v) is 23.0. The van der Waals surface area contributed by atoms with Crippen molar-refractivity contribution in [2.75, 3.05) is 16.3 Å². The minimum absolute atomic E-state index is 0.0850. The Kier molecular flexibility index (Phi) is 6.92. The minimum Gasteiger partial charge on any atom is -0.426 e. The van der Waals surface area contributed by atoms with Crippen molar-refractivity contribution >= 4 is 51.0 Å². The number of amides is 3. The molecular formula is C30H27BrN2O5. The number of anilines is 2. The van der Waals surface area contributed by atoms with E-state index in [-0.39, 0.29) is 18.9 Å². The molecule has 0 radical (unpaired) electrons. The van der Waals surface area contributed by atoms with Crippen molar-refractivity contribution in [3.05, 3.63) is 86.9 Å². The molecule has 38 heavy (non-hydrogen) atoms. The lowest BCUT2D eigenvalue weighted by atomic mass is 10.0. The van der Waals surface area contributed by atoms with Gasteiger partial charge in [-0.1, -0.05) is 48.0 Å². The fourth-order valence-corrected chi connectivity index (χ4v) is 5.58. The number of rotatable bonds is 6. The van der Waals surface area contributed by atoms with Crippen LogP contribution in [-0.4, -0.2) is 30.2 Å². The van der Waals surface area contributed by atoms with Gasteiger partial charge in [0.15, 0.2) is 0 Å². The summed E-state index contributed by atoms with van der Waals surface area (Å²) < 4.78 is 6.38. The van der Waals surface area contributed by atoms with Crippen molar-refractivity contribution in [1.82, 2.24) is 0 Å². The van der Waals surface area contributed by atoms with Gasteiger partial charge < -0.3 is 9.64 Å². The van der Waals surface area contributed by atoms with Gasteiger partial charge in [-0.15, -0.1) is 0 Å². The first-order valence-corrected chi connectivity index (χ1v) is 13.4. The number of nitrogens with zero attached hydrogens (tertiary/aromatic N) is 2. The quantitative estimate of drug-likeness (QED) is 0.216. The van der Waals surface area contributed by atoms with Gasteiger partial charge in [-0.25, -0.2) is 4.90 Å². The summed E-state index contributed by atoms with van der Waals surface area (Å²) >= 11 is 3.34. The first-order chi connectivity index (χ1) is 18.2. The van der Waals surface area contributed by atoms with Gasteiger partial charge in [0, 0.05) is 23.1 Å². The van der Waals surface area contributed by atoms with E-state index in [0.717, 1.165) is 34.6 Å². The summed E-state index contributed by atoms with van der Waals surface area (Å²) in [7, 11) is 0. The van der Waals surface area contributed by atoms with Gasteiger partial charge >= 0.3 is 5.97 Å². The average Bonchev–Trinajstić information content (AvgIpc) is 3.40. The topological polar surface area (TPSA) is 84.0 Å². The van der Waals surface area contributed by atoms with Gasteiger partial charge in [0.25, 0.3) is 11.8 Å². The molecule has 194 valence electrons. The summed E-state index contributed by atoms with van der Waals surface area (Å²) in [4.78, 5) is 54.8. The lowest BCUT2D eigenvalue weighted by molar-refractivity contribution is -0.139. The molecule has 2 aliphatic rings. The highest BCUT2D eigenvalue weighted by atomic mass is 79.9. The third-order valence-corrected chi connectivity index (χ3v) is 7.66. The molecule has 8 heteroatoms. The van der Waals surface area contributed by atoms with Crippen molar-refractivity contribution in [3.8, 4) is 5.75 Å². The maximum absolute atomic E-state index is 13.1. The van der Waals surface area contributed by atoms with Crippen LogP contribution in [0, 0.1) is 12.8 Å².